The van der Waals surface area contributed by atoms with Gasteiger partial charge >= 0.3 is 0 Å². The molecule has 0 aliphatic rings. The third-order valence-corrected chi connectivity index (χ3v) is 4.92. The highest BCUT2D eigenvalue weighted by Crippen LogP contribution is 2.28. The summed E-state index contributed by atoms with van der Waals surface area (Å²) in [6.45, 7) is 2.11. The van der Waals surface area contributed by atoms with Crippen molar-refractivity contribution in [1.82, 2.24) is 15.1 Å². The fourth-order valence-electron chi connectivity index (χ4n) is 2.27. The van der Waals surface area contributed by atoms with E-state index in [4.69, 9.17) is 8.94 Å². The fraction of sp³-hybridized carbons (Fsp3) is 0.118. The van der Waals surface area contributed by atoms with Gasteiger partial charge in [0.2, 0.25) is 5.82 Å². The van der Waals surface area contributed by atoms with Crippen LogP contribution in [0.1, 0.15) is 11.9 Å². The van der Waals surface area contributed by atoms with Crippen molar-refractivity contribution in [3.8, 4) is 34.3 Å². The van der Waals surface area contributed by atoms with E-state index in [1.54, 1.807) is 23.5 Å². The van der Waals surface area contributed by atoms with Crippen LogP contribution in [-0.4, -0.2) is 15.1 Å². The van der Waals surface area contributed by atoms with Crippen LogP contribution >= 0.6 is 27.3 Å². The molecule has 0 atom stereocenters. The lowest BCUT2D eigenvalue weighted by Gasteiger charge is -1.98. The first kappa shape index (κ1) is 15.3. The number of halogens is 1. The number of hydrogen-bond donors (Lipinski definition) is 0. The second-order valence-corrected chi connectivity index (χ2v) is 6.81. The molecule has 1 aromatic carbocycles. The summed E-state index contributed by atoms with van der Waals surface area (Å²) in [6, 6.07) is 11.5. The molecule has 3 aromatic heterocycles. The van der Waals surface area contributed by atoms with Crippen molar-refractivity contribution >= 4 is 27.3 Å². The van der Waals surface area contributed by atoms with E-state index in [0.717, 1.165) is 28.2 Å². The first-order chi connectivity index (χ1) is 11.7. The number of benzene rings is 1. The number of nitrogens with zero attached hydrogens (tertiary/aromatic N) is 3. The van der Waals surface area contributed by atoms with Gasteiger partial charge in [-0.3, -0.25) is 0 Å². The standard InChI is InChI=1S/C17H12BrN3O2S/c1-2-15-19-12(9-24-15)10-3-5-11(6-4-10)16-20-17(23-21-16)13-7-8-14(18)22-13/h3-9H,2H2,1H3. The van der Waals surface area contributed by atoms with Crippen LogP contribution in [0.5, 0.6) is 0 Å². The summed E-state index contributed by atoms with van der Waals surface area (Å²) in [5, 5.41) is 7.24. The largest absolute Gasteiger partial charge is 0.444 e. The Morgan fingerprint density at radius 1 is 1.04 bits per heavy atom. The molecule has 3 heterocycles. The van der Waals surface area contributed by atoms with E-state index in [-0.39, 0.29) is 0 Å². The molecule has 0 aliphatic heterocycles. The van der Waals surface area contributed by atoms with Gasteiger partial charge in [0.15, 0.2) is 10.4 Å². The average molecular weight is 402 g/mol. The molecule has 120 valence electrons. The van der Waals surface area contributed by atoms with Crippen LogP contribution in [0.15, 0.2) is 55.4 Å². The molecular formula is C17H12BrN3O2S. The zero-order valence-electron chi connectivity index (χ0n) is 12.7. The highest BCUT2D eigenvalue weighted by Gasteiger charge is 2.14. The van der Waals surface area contributed by atoms with Gasteiger partial charge in [-0.05, 0) is 34.5 Å². The van der Waals surface area contributed by atoms with Gasteiger partial charge in [0, 0.05) is 16.5 Å². The van der Waals surface area contributed by atoms with Gasteiger partial charge in [0.25, 0.3) is 5.89 Å². The lowest BCUT2D eigenvalue weighted by Crippen LogP contribution is -1.83. The molecule has 7 heteroatoms. The zero-order valence-corrected chi connectivity index (χ0v) is 15.1. The van der Waals surface area contributed by atoms with Gasteiger partial charge in [-0.25, -0.2) is 4.98 Å². The van der Waals surface area contributed by atoms with Gasteiger partial charge in [-0.15, -0.1) is 11.3 Å². The van der Waals surface area contributed by atoms with E-state index in [1.807, 2.05) is 24.3 Å². The van der Waals surface area contributed by atoms with Crippen LogP contribution in [0.25, 0.3) is 34.3 Å². The van der Waals surface area contributed by atoms with Crippen molar-refractivity contribution in [3.63, 3.8) is 0 Å². The van der Waals surface area contributed by atoms with Crippen LogP contribution in [0.2, 0.25) is 0 Å². The molecular weight excluding hydrogens is 390 g/mol. The van der Waals surface area contributed by atoms with Crippen LogP contribution in [0.4, 0.5) is 0 Å². The predicted molar refractivity (Wildman–Crippen MR) is 95.6 cm³/mol. The predicted octanol–water partition coefficient (Wildman–Crippen LogP) is 5.45. The molecule has 5 nitrogen and oxygen atoms in total. The van der Waals surface area contributed by atoms with Crippen LogP contribution in [0, 0.1) is 0 Å². The average Bonchev–Trinajstić information content (AvgIpc) is 3.35. The number of aryl methyl sites for hydroxylation is 1. The maximum absolute atomic E-state index is 5.42. The van der Waals surface area contributed by atoms with Crippen LogP contribution in [-0.2, 0) is 6.42 Å². The molecule has 0 N–H and O–H groups in total. The minimum absolute atomic E-state index is 0.354. The Hall–Kier alpha value is -2.25. The Balaban J connectivity index is 1.60. The number of thiazole rings is 1. The SMILES string of the molecule is CCc1nc(-c2ccc(-c3noc(-c4ccc(Br)o4)n3)cc2)cs1. The Labute approximate surface area is 150 Å². The first-order valence-electron chi connectivity index (χ1n) is 7.37. The van der Waals surface area contributed by atoms with Crippen molar-refractivity contribution in [1.29, 1.82) is 0 Å². The quantitative estimate of drug-likeness (QED) is 0.455. The molecule has 0 aliphatic carbocycles. The molecule has 0 bridgehead atoms. The summed E-state index contributed by atoms with van der Waals surface area (Å²) in [5.41, 5.74) is 2.95. The maximum atomic E-state index is 5.42. The molecule has 0 radical (unpaired) electrons. The van der Waals surface area contributed by atoms with Gasteiger partial charge < -0.3 is 8.94 Å². The van der Waals surface area contributed by atoms with Gasteiger partial charge in [-0.1, -0.05) is 36.3 Å². The lowest BCUT2D eigenvalue weighted by atomic mass is 10.1. The Morgan fingerprint density at radius 2 is 1.83 bits per heavy atom. The number of hydrogen-bond acceptors (Lipinski definition) is 6. The van der Waals surface area contributed by atoms with E-state index >= 15 is 0 Å². The lowest BCUT2D eigenvalue weighted by molar-refractivity contribution is 0.414. The van der Waals surface area contributed by atoms with E-state index in [2.05, 4.69) is 43.4 Å². The molecule has 24 heavy (non-hydrogen) atoms. The summed E-state index contributed by atoms with van der Waals surface area (Å²) in [4.78, 5) is 8.98. The van der Waals surface area contributed by atoms with Crippen LogP contribution < -0.4 is 0 Å². The number of rotatable bonds is 4. The third-order valence-electron chi connectivity index (χ3n) is 3.50. The van der Waals surface area contributed by atoms with E-state index in [9.17, 15) is 0 Å². The van der Waals surface area contributed by atoms with Crippen molar-refractivity contribution < 1.29 is 8.94 Å². The molecule has 0 saturated heterocycles. The van der Waals surface area contributed by atoms with Crippen LogP contribution in [0.3, 0.4) is 0 Å². The van der Waals surface area contributed by atoms with Crippen molar-refractivity contribution in [3.05, 3.63) is 51.5 Å². The Bertz CT molecular complexity index is 972. The maximum Gasteiger partial charge on any atom is 0.293 e. The summed E-state index contributed by atoms with van der Waals surface area (Å²) < 4.78 is 11.3. The minimum atomic E-state index is 0.354. The molecule has 0 spiro atoms. The first-order valence-corrected chi connectivity index (χ1v) is 9.05. The second-order valence-electron chi connectivity index (χ2n) is 5.08. The molecule has 0 saturated carbocycles. The van der Waals surface area contributed by atoms with E-state index in [1.165, 1.54) is 0 Å². The summed E-state index contributed by atoms with van der Waals surface area (Å²) in [6.07, 6.45) is 0.956. The second kappa shape index (κ2) is 6.33. The highest BCUT2D eigenvalue weighted by atomic mass is 79.9. The third kappa shape index (κ3) is 2.92. The van der Waals surface area contributed by atoms with Gasteiger partial charge in [-0.2, -0.15) is 4.98 Å². The summed E-state index contributed by atoms with van der Waals surface area (Å²) >= 11 is 4.94. The minimum Gasteiger partial charge on any atom is -0.444 e. The topological polar surface area (TPSA) is 65.0 Å². The number of aromatic nitrogens is 3. The summed E-state index contributed by atoms with van der Waals surface area (Å²) in [7, 11) is 0. The molecule has 0 unspecified atom stereocenters. The van der Waals surface area contributed by atoms with E-state index < -0.39 is 0 Å². The molecule has 4 rings (SSSR count). The fourth-order valence-corrected chi connectivity index (χ4v) is 3.33. The van der Waals surface area contributed by atoms with Gasteiger partial charge in [0.1, 0.15) is 0 Å². The Morgan fingerprint density at radius 3 is 2.50 bits per heavy atom. The van der Waals surface area contributed by atoms with Crippen molar-refractivity contribution in [2.45, 2.75) is 13.3 Å². The normalized spacial score (nSPS) is 11.1. The zero-order chi connectivity index (χ0) is 16.5. The summed E-state index contributed by atoms with van der Waals surface area (Å²) in [5.74, 6) is 1.41. The van der Waals surface area contributed by atoms with Gasteiger partial charge in [0.05, 0.1) is 10.7 Å². The van der Waals surface area contributed by atoms with Crippen molar-refractivity contribution in [2.24, 2.45) is 0 Å². The van der Waals surface area contributed by atoms with E-state index in [0.29, 0.717) is 22.1 Å². The molecule has 0 fully saturated rings. The molecule has 0 amide bonds. The molecule has 4 aromatic rings. The number of furan rings is 1. The monoisotopic (exact) mass is 401 g/mol. The Kier molecular flexibility index (Phi) is 4.03. The van der Waals surface area contributed by atoms with Crippen molar-refractivity contribution in [2.75, 3.05) is 0 Å². The highest BCUT2D eigenvalue weighted by molar-refractivity contribution is 9.10. The smallest absolute Gasteiger partial charge is 0.293 e.